The summed E-state index contributed by atoms with van der Waals surface area (Å²) in [7, 11) is 1.81. The van der Waals surface area contributed by atoms with Crippen molar-refractivity contribution >= 4 is 23.4 Å². The lowest BCUT2D eigenvalue weighted by atomic mass is 9.87. The van der Waals surface area contributed by atoms with Crippen molar-refractivity contribution in [1.29, 1.82) is 0 Å². The van der Waals surface area contributed by atoms with Crippen LogP contribution in [0.5, 0.6) is 0 Å². The molecule has 0 atom stereocenters. The molecule has 24 heavy (non-hydrogen) atoms. The van der Waals surface area contributed by atoms with Gasteiger partial charge in [-0.25, -0.2) is 0 Å². The lowest BCUT2D eigenvalue weighted by molar-refractivity contribution is -0.134. The second-order valence-corrected chi connectivity index (χ2v) is 7.21. The number of nitrogens with zero attached hydrogens (tertiary/aromatic N) is 2. The molecule has 3 rings (SSSR count). The lowest BCUT2D eigenvalue weighted by Crippen LogP contribution is -2.49. The molecule has 2 aliphatic rings. The van der Waals surface area contributed by atoms with Crippen LogP contribution >= 0.6 is 11.6 Å². The van der Waals surface area contributed by atoms with E-state index >= 15 is 0 Å². The molecule has 2 fully saturated rings. The molecule has 0 radical (unpaired) electrons. The fraction of sp³-hybridized carbons (Fsp3) is 0.556. The third-order valence-electron chi connectivity index (χ3n) is 5.13. The van der Waals surface area contributed by atoms with E-state index in [0.717, 1.165) is 5.56 Å². The van der Waals surface area contributed by atoms with Crippen LogP contribution in [-0.4, -0.2) is 60.5 Å². The molecule has 0 bridgehead atoms. The predicted octanol–water partition coefficient (Wildman–Crippen LogP) is 2.50. The van der Waals surface area contributed by atoms with E-state index in [0.29, 0.717) is 56.1 Å². The number of benzene rings is 1. The SMILES string of the molecule is Cc1ccc(Cl)cc1C(=O)N1CCC2(CC1)CC(=O)N(C)CCO2. The zero-order valence-corrected chi connectivity index (χ0v) is 14.9. The first-order chi connectivity index (χ1) is 11.4. The lowest BCUT2D eigenvalue weighted by Gasteiger charge is -2.40. The predicted molar refractivity (Wildman–Crippen MR) is 92.3 cm³/mol. The van der Waals surface area contributed by atoms with Crippen LogP contribution in [0.3, 0.4) is 0 Å². The summed E-state index contributed by atoms with van der Waals surface area (Å²) >= 11 is 6.03. The highest BCUT2D eigenvalue weighted by Gasteiger charge is 2.41. The molecule has 130 valence electrons. The van der Waals surface area contributed by atoms with Crippen molar-refractivity contribution in [2.45, 2.75) is 31.8 Å². The highest BCUT2D eigenvalue weighted by molar-refractivity contribution is 6.31. The first kappa shape index (κ1) is 17.2. The van der Waals surface area contributed by atoms with Gasteiger partial charge < -0.3 is 14.5 Å². The number of hydrogen-bond donors (Lipinski definition) is 0. The zero-order chi connectivity index (χ0) is 17.3. The van der Waals surface area contributed by atoms with Gasteiger partial charge in [0.05, 0.1) is 18.6 Å². The Hall–Kier alpha value is -1.59. The van der Waals surface area contributed by atoms with Crippen molar-refractivity contribution in [2.75, 3.05) is 33.3 Å². The molecule has 2 aliphatic heterocycles. The molecule has 6 heteroatoms. The quantitative estimate of drug-likeness (QED) is 0.782. The number of likely N-dealkylation sites (N-methyl/N-ethyl adjacent to an activating group) is 1. The monoisotopic (exact) mass is 350 g/mol. The van der Waals surface area contributed by atoms with Gasteiger partial charge in [-0.2, -0.15) is 0 Å². The average Bonchev–Trinajstić information content (AvgIpc) is 2.69. The zero-order valence-electron chi connectivity index (χ0n) is 14.2. The molecule has 0 aliphatic carbocycles. The Morgan fingerprint density at radius 3 is 2.67 bits per heavy atom. The Labute approximate surface area is 147 Å². The molecule has 0 aromatic heterocycles. The Morgan fingerprint density at radius 2 is 1.96 bits per heavy atom. The third kappa shape index (κ3) is 3.42. The molecule has 0 unspecified atom stereocenters. The number of amides is 2. The van der Waals surface area contributed by atoms with Crippen molar-refractivity contribution in [3.63, 3.8) is 0 Å². The number of hydrogen-bond acceptors (Lipinski definition) is 3. The second-order valence-electron chi connectivity index (χ2n) is 6.77. The first-order valence-corrected chi connectivity index (χ1v) is 8.71. The second kappa shape index (κ2) is 6.73. The van der Waals surface area contributed by atoms with E-state index in [-0.39, 0.29) is 11.8 Å². The number of carbonyl (C=O) groups is 2. The van der Waals surface area contributed by atoms with Crippen LogP contribution in [0.1, 0.15) is 35.2 Å². The van der Waals surface area contributed by atoms with Gasteiger partial charge in [0.1, 0.15) is 0 Å². The summed E-state index contributed by atoms with van der Waals surface area (Å²) in [6.45, 7) is 4.30. The molecule has 2 amide bonds. The summed E-state index contributed by atoms with van der Waals surface area (Å²) in [6.07, 6.45) is 1.79. The van der Waals surface area contributed by atoms with Gasteiger partial charge in [0.15, 0.2) is 0 Å². The number of rotatable bonds is 1. The van der Waals surface area contributed by atoms with Crippen LogP contribution in [0, 0.1) is 6.92 Å². The number of ether oxygens (including phenoxy) is 1. The smallest absolute Gasteiger partial charge is 0.254 e. The Balaban J connectivity index is 1.69. The van der Waals surface area contributed by atoms with Gasteiger partial charge >= 0.3 is 0 Å². The molecular formula is C18H23ClN2O3. The number of likely N-dealkylation sites (tertiary alicyclic amines) is 1. The van der Waals surface area contributed by atoms with Gasteiger partial charge in [-0.15, -0.1) is 0 Å². The van der Waals surface area contributed by atoms with Crippen molar-refractivity contribution in [3.05, 3.63) is 34.3 Å². The summed E-state index contributed by atoms with van der Waals surface area (Å²) in [5.41, 5.74) is 1.16. The molecule has 1 spiro atoms. The van der Waals surface area contributed by atoms with E-state index in [1.807, 2.05) is 24.9 Å². The van der Waals surface area contributed by atoms with E-state index in [1.165, 1.54) is 0 Å². The summed E-state index contributed by atoms with van der Waals surface area (Å²) in [5.74, 6) is 0.125. The molecule has 1 aromatic carbocycles. The van der Waals surface area contributed by atoms with Crippen molar-refractivity contribution in [3.8, 4) is 0 Å². The van der Waals surface area contributed by atoms with Crippen LogP contribution < -0.4 is 0 Å². The summed E-state index contributed by atoms with van der Waals surface area (Å²) in [6, 6.07) is 5.38. The Bertz CT molecular complexity index is 654. The highest BCUT2D eigenvalue weighted by Crippen LogP contribution is 2.33. The maximum absolute atomic E-state index is 12.8. The topological polar surface area (TPSA) is 49.9 Å². The molecule has 0 saturated carbocycles. The molecule has 2 heterocycles. The van der Waals surface area contributed by atoms with Crippen LogP contribution in [0.4, 0.5) is 0 Å². The van der Waals surface area contributed by atoms with E-state index in [9.17, 15) is 9.59 Å². The first-order valence-electron chi connectivity index (χ1n) is 8.34. The third-order valence-corrected chi connectivity index (χ3v) is 5.36. The summed E-state index contributed by atoms with van der Waals surface area (Å²) in [5, 5.41) is 0.568. The van der Waals surface area contributed by atoms with Crippen LogP contribution in [0.25, 0.3) is 0 Å². The maximum atomic E-state index is 12.8. The fourth-order valence-corrected chi connectivity index (χ4v) is 3.59. The normalized spacial score (nSPS) is 21.0. The molecule has 2 saturated heterocycles. The van der Waals surface area contributed by atoms with Crippen molar-refractivity contribution < 1.29 is 14.3 Å². The van der Waals surface area contributed by atoms with Gasteiger partial charge in [0.25, 0.3) is 5.91 Å². The van der Waals surface area contributed by atoms with Crippen molar-refractivity contribution in [2.24, 2.45) is 0 Å². The molecule has 0 N–H and O–H groups in total. The van der Waals surface area contributed by atoms with Gasteiger partial charge in [-0.05, 0) is 37.5 Å². The molecular weight excluding hydrogens is 328 g/mol. The number of aryl methyl sites for hydroxylation is 1. The molecule has 5 nitrogen and oxygen atoms in total. The summed E-state index contributed by atoms with van der Waals surface area (Å²) in [4.78, 5) is 28.5. The minimum absolute atomic E-state index is 0.00177. The number of piperidine rings is 1. The number of carbonyl (C=O) groups excluding carboxylic acids is 2. The van der Waals surface area contributed by atoms with Gasteiger partial charge in [-0.3, -0.25) is 9.59 Å². The van der Waals surface area contributed by atoms with Crippen LogP contribution in [-0.2, 0) is 9.53 Å². The average molecular weight is 351 g/mol. The Kier molecular flexibility index (Phi) is 4.83. The van der Waals surface area contributed by atoms with E-state index in [1.54, 1.807) is 17.0 Å². The van der Waals surface area contributed by atoms with Gasteiger partial charge in [0.2, 0.25) is 5.91 Å². The van der Waals surface area contributed by atoms with Crippen molar-refractivity contribution in [1.82, 2.24) is 9.80 Å². The van der Waals surface area contributed by atoms with E-state index in [2.05, 4.69) is 0 Å². The largest absolute Gasteiger partial charge is 0.372 e. The highest BCUT2D eigenvalue weighted by atomic mass is 35.5. The van der Waals surface area contributed by atoms with Crippen LogP contribution in [0.2, 0.25) is 5.02 Å². The van der Waals surface area contributed by atoms with Gasteiger partial charge in [0, 0.05) is 37.3 Å². The number of halogens is 1. The minimum atomic E-state index is -0.415. The maximum Gasteiger partial charge on any atom is 0.254 e. The van der Waals surface area contributed by atoms with Gasteiger partial charge in [-0.1, -0.05) is 17.7 Å². The van der Waals surface area contributed by atoms with Crippen LogP contribution in [0.15, 0.2) is 18.2 Å². The molecule has 1 aromatic rings. The Morgan fingerprint density at radius 1 is 1.25 bits per heavy atom. The van der Waals surface area contributed by atoms with E-state index < -0.39 is 5.60 Å². The standard InChI is InChI=1S/C18H23ClN2O3/c1-13-3-4-14(19)11-15(13)17(23)21-7-5-18(6-8-21)12-16(22)20(2)9-10-24-18/h3-4,11H,5-10,12H2,1-2H3. The summed E-state index contributed by atoms with van der Waals surface area (Å²) < 4.78 is 6.03. The van der Waals surface area contributed by atoms with E-state index in [4.69, 9.17) is 16.3 Å². The minimum Gasteiger partial charge on any atom is -0.372 e. The fourth-order valence-electron chi connectivity index (χ4n) is 3.42.